The van der Waals surface area contributed by atoms with Crippen LogP contribution in [0.15, 0.2) is 91.0 Å². The van der Waals surface area contributed by atoms with E-state index in [2.05, 4.69) is 31.8 Å². The maximum Gasteiger partial charge on any atom is 0.255 e. The third-order valence-electron chi connectivity index (χ3n) is 6.46. The second-order valence-electron chi connectivity index (χ2n) is 11.3. The molecule has 0 aliphatic rings. The van der Waals surface area contributed by atoms with Gasteiger partial charge in [0.25, 0.3) is 11.8 Å². The number of quaternary nitrogens is 2. The fraction of sp³-hybridized carbons (Fsp3) is 0.188. The van der Waals surface area contributed by atoms with Gasteiger partial charge in [0.2, 0.25) is 0 Å². The number of nitrogens with zero attached hydrogens (tertiary/aromatic N) is 2. The molecule has 0 atom stereocenters. The summed E-state index contributed by atoms with van der Waals surface area (Å²) in [4.78, 5) is 25.4. The zero-order chi connectivity index (χ0) is 28.4. The molecule has 0 saturated heterocycles. The molecule has 0 heterocycles. The maximum atomic E-state index is 14.5. The highest BCUT2D eigenvalue weighted by Gasteiger charge is 2.19. The summed E-state index contributed by atoms with van der Waals surface area (Å²) >= 11 is 0. The number of amides is 2. The Morgan fingerprint density at radius 3 is 1.41 bits per heavy atom. The van der Waals surface area contributed by atoms with Gasteiger partial charge in [-0.15, -0.1) is 0 Å². The Hall–Kier alpha value is -4.33. The number of carbonyl (C=O) groups is 2. The number of carbonyl (C=O) groups excluding carboxylic acids is 2. The summed E-state index contributed by atoms with van der Waals surface area (Å²) in [5.74, 6) is -0.872. The number of rotatable bonds is 7. The van der Waals surface area contributed by atoms with E-state index in [1.165, 1.54) is 6.07 Å². The molecule has 0 saturated carbocycles. The Labute approximate surface area is 229 Å². The number of nitrogens with one attached hydrogen (secondary N) is 2. The Morgan fingerprint density at radius 2 is 1.00 bits per heavy atom. The molecule has 39 heavy (non-hydrogen) atoms. The van der Waals surface area contributed by atoms with E-state index in [1.807, 2.05) is 69.7 Å². The van der Waals surface area contributed by atoms with Crippen LogP contribution in [0.2, 0.25) is 0 Å². The lowest BCUT2D eigenvalue weighted by molar-refractivity contribution is 0.101. The summed E-state index contributed by atoms with van der Waals surface area (Å²) in [6.07, 6.45) is 0. The Balaban J connectivity index is 1.39. The van der Waals surface area contributed by atoms with E-state index in [0.717, 1.165) is 22.5 Å². The van der Waals surface area contributed by atoms with Gasteiger partial charge in [0.05, 0.1) is 42.3 Å². The molecule has 0 aliphatic carbocycles. The SMILES string of the molecule is C[N+](C)(C)c1ccc(NC(=O)c2ccc(-c3ccc(C(=O)Nc4ccc([N+](C)(C)C)c(F)c4)cc3)cc2)cc1. The standard InChI is InChI=1S/C32H33FN4O2/c1-36(2,3)28-18-15-26(16-19-28)34-31(38)24-11-7-22(8-12-24)23-9-13-25(14-10-23)32(39)35-27-17-20-30(29(33)21-27)37(4,5)6/h7-21H,1-6H3/p+2. The Morgan fingerprint density at radius 1 is 0.564 bits per heavy atom. The summed E-state index contributed by atoms with van der Waals surface area (Å²) in [7, 11) is 11.9. The number of hydrogen-bond acceptors (Lipinski definition) is 2. The van der Waals surface area contributed by atoms with Crippen LogP contribution in [0.4, 0.5) is 27.1 Å². The first-order valence-corrected chi connectivity index (χ1v) is 12.7. The van der Waals surface area contributed by atoms with Crippen LogP contribution in [0.5, 0.6) is 0 Å². The van der Waals surface area contributed by atoms with Crippen molar-refractivity contribution < 1.29 is 14.0 Å². The van der Waals surface area contributed by atoms with E-state index in [4.69, 9.17) is 0 Å². The molecule has 2 amide bonds. The fourth-order valence-corrected chi connectivity index (χ4v) is 4.16. The van der Waals surface area contributed by atoms with Crippen LogP contribution >= 0.6 is 0 Å². The number of hydrogen-bond donors (Lipinski definition) is 2. The molecule has 0 bridgehead atoms. The van der Waals surface area contributed by atoms with Crippen molar-refractivity contribution in [2.24, 2.45) is 0 Å². The molecule has 4 aromatic carbocycles. The van der Waals surface area contributed by atoms with Gasteiger partial charge in [0.15, 0.2) is 11.5 Å². The van der Waals surface area contributed by atoms with Crippen LogP contribution in [0, 0.1) is 5.82 Å². The van der Waals surface area contributed by atoms with Gasteiger partial charge in [0, 0.05) is 46.8 Å². The van der Waals surface area contributed by atoms with Crippen LogP contribution in [0.1, 0.15) is 20.7 Å². The minimum atomic E-state index is -0.370. The molecular formula is C32H35FN4O2+2. The van der Waals surface area contributed by atoms with Crippen LogP contribution < -0.4 is 19.6 Å². The topological polar surface area (TPSA) is 58.2 Å². The highest BCUT2D eigenvalue weighted by atomic mass is 19.1. The molecule has 4 rings (SSSR count). The molecule has 0 radical (unpaired) electrons. The Kier molecular flexibility index (Phi) is 7.67. The second-order valence-corrected chi connectivity index (χ2v) is 11.3. The number of anilines is 2. The zero-order valence-corrected chi connectivity index (χ0v) is 23.2. The lowest BCUT2D eigenvalue weighted by Gasteiger charge is -2.24. The first-order valence-electron chi connectivity index (χ1n) is 12.7. The average Bonchev–Trinajstić information content (AvgIpc) is 2.88. The first kappa shape index (κ1) is 27.7. The summed E-state index contributed by atoms with van der Waals surface area (Å²) in [6, 6.07) is 27.0. The first-order chi connectivity index (χ1) is 18.3. The van der Waals surface area contributed by atoms with E-state index < -0.39 is 0 Å². The van der Waals surface area contributed by atoms with Gasteiger partial charge in [0.1, 0.15) is 5.69 Å². The quantitative estimate of drug-likeness (QED) is 0.274. The number of halogens is 1. The molecule has 200 valence electrons. The number of benzene rings is 4. The molecule has 0 unspecified atom stereocenters. The molecular weight excluding hydrogens is 491 g/mol. The van der Waals surface area contributed by atoms with Gasteiger partial charge < -0.3 is 10.6 Å². The van der Waals surface area contributed by atoms with E-state index in [0.29, 0.717) is 31.5 Å². The van der Waals surface area contributed by atoms with Crippen molar-refractivity contribution in [2.45, 2.75) is 0 Å². The monoisotopic (exact) mass is 526 g/mol. The third kappa shape index (κ3) is 6.76. The van der Waals surface area contributed by atoms with Gasteiger partial charge >= 0.3 is 0 Å². The predicted octanol–water partition coefficient (Wildman–Crippen LogP) is 6.39. The normalized spacial score (nSPS) is 11.7. The van der Waals surface area contributed by atoms with Crippen molar-refractivity contribution in [1.29, 1.82) is 0 Å². The third-order valence-corrected chi connectivity index (χ3v) is 6.46. The summed E-state index contributed by atoms with van der Waals surface area (Å²) in [6.45, 7) is 0. The van der Waals surface area contributed by atoms with Crippen LogP contribution in [0.25, 0.3) is 11.1 Å². The minimum Gasteiger partial charge on any atom is -0.322 e. The fourth-order valence-electron chi connectivity index (χ4n) is 4.16. The van der Waals surface area contributed by atoms with Gasteiger partial charge in [-0.2, -0.15) is 0 Å². The second kappa shape index (κ2) is 10.8. The van der Waals surface area contributed by atoms with E-state index in [9.17, 15) is 14.0 Å². The molecule has 2 N–H and O–H groups in total. The van der Waals surface area contributed by atoms with Crippen molar-refractivity contribution in [3.8, 4) is 11.1 Å². The highest BCUT2D eigenvalue weighted by molar-refractivity contribution is 6.05. The van der Waals surface area contributed by atoms with E-state index >= 15 is 0 Å². The molecule has 0 fully saturated rings. The summed E-state index contributed by atoms with van der Waals surface area (Å²) in [5.41, 5.74) is 5.66. The van der Waals surface area contributed by atoms with Crippen LogP contribution in [0.3, 0.4) is 0 Å². The minimum absolute atomic E-state index is 0.183. The summed E-state index contributed by atoms with van der Waals surface area (Å²) in [5, 5.41) is 5.69. The predicted molar refractivity (Wildman–Crippen MR) is 160 cm³/mol. The van der Waals surface area contributed by atoms with Crippen molar-refractivity contribution in [3.05, 3.63) is 108 Å². The van der Waals surface area contributed by atoms with E-state index in [1.54, 1.807) is 36.4 Å². The molecule has 0 aliphatic heterocycles. The van der Waals surface area contributed by atoms with Crippen LogP contribution in [-0.4, -0.2) is 54.1 Å². The smallest absolute Gasteiger partial charge is 0.255 e. The molecule has 7 heteroatoms. The average molecular weight is 527 g/mol. The zero-order valence-electron chi connectivity index (χ0n) is 23.2. The van der Waals surface area contributed by atoms with Crippen molar-refractivity contribution in [1.82, 2.24) is 8.97 Å². The van der Waals surface area contributed by atoms with Crippen molar-refractivity contribution >= 4 is 34.6 Å². The van der Waals surface area contributed by atoms with Gasteiger partial charge in [-0.25, -0.2) is 4.39 Å². The molecule has 6 nitrogen and oxygen atoms in total. The van der Waals surface area contributed by atoms with Crippen molar-refractivity contribution in [2.75, 3.05) is 52.9 Å². The van der Waals surface area contributed by atoms with Gasteiger partial charge in [-0.1, -0.05) is 24.3 Å². The lowest BCUT2D eigenvalue weighted by Crippen LogP contribution is -2.35. The van der Waals surface area contributed by atoms with Crippen LogP contribution in [-0.2, 0) is 0 Å². The van der Waals surface area contributed by atoms with Gasteiger partial charge in [-0.05, 0) is 53.6 Å². The largest absolute Gasteiger partial charge is 0.322 e. The maximum absolute atomic E-state index is 14.5. The Bertz CT molecular complexity index is 1480. The molecule has 0 spiro atoms. The molecule has 0 aromatic heterocycles. The lowest BCUT2D eigenvalue weighted by atomic mass is 10.0. The highest BCUT2D eigenvalue weighted by Crippen LogP contribution is 2.26. The summed E-state index contributed by atoms with van der Waals surface area (Å²) < 4.78 is 15.5. The van der Waals surface area contributed by atoms with Crippen molar-refractivity contribution in [3.63, 3.8) is 0 Å². The molecule has 4 aromatic rings. The van der Waals surface area contributed by atoms with E-state index in [-0.39, 0.29) is 17.6 Å². The van der Waals surface area contributed by atoms with Gasteiger partial charge in [-0.3, -0.25) is 18.6 Å².